The van der Waals surface area contributed by atoms with E-state index in [1.807, 2.05) is 0 Å². The maximum atomic E-state index is 2.72. The van der Waals surface area contributed by atoms with Crippen LogP contribution in [0.25, 0.3) is 66.1 Å². The summed E-state index contributed by atoms with van der Waals surface area (Å²) >= 11 is 0. The molecule has 81 heavy (non-hydrogen) atoms. The van der Waals surface area contributed by atoms with Gasteiger partial charge in [-0.15, -0.1) is 0 Å². The van der Waals surface area contributed by atoms with Crippen LogP contribution in [0.3, 0.4) is 0 Å². The molecule has 1 aliphatic carbocycles. The molecule has 0 atom stereocenters. The normalized spacial score (nSPS) is 13.0. The number of unbranched alkanes of at least 4 members (excludes halogenated alkanes) is 24. The molecule has 0 bridgehead atoms. The fourth-order valence-corrected chi connectivity index (χ4v) is 14.6. The zero-order valence-electron chi connectivity index (χ0n) is 52.2. The van der Waals surface area contributed by atoms with Gasteiger partial charge in [-0.3, -0.25) is 0 Å². The van der Waals surface area contributed by atoms with Crippen LogP contribution in [0.5, 0.6) is 0 Å². The fraction of sp³-hybridized carbons (Fsp3) is 0.544. The maximum absolute atomic E-state index is 2.72. The minimum atomic E-state index is -0.0724. The Morgan fingerprint density at radius 3 is 0.815 bits per heavy atom. The molecule has 2 heteroatoms. The predicted octanol–water partition coefficient (Wildman–Crippen LogP) is 24.9. The molecule has 0 radical (unpaired) electrons. The van der Waals surface area contributed by atoms with E-state index in [0.717, 1.165) is 19.3 Å². The van der Waals surface area contributed by atoms with Gasteiger partial charge < -0.3 is 9.13 Å². The van der Waals surface area contributed by atoms with E-state index in [2.05, 4.69) is 160 Å². The fourth-order valence-electron chi connectivity index (χ4n) is 14.6. The van der Waals surface area contributed by atoms with E-state index in [1.165, 1.54) is 300 Å². The van der Waals surface area contributed by atoms with Gasteiger partial charge in [0.25, 0.3) is 0 Å². The molecule has 0 N–H and O–H groups in total. The summed E-state index contributed by atoms with van der Waals surface area (Å²) in [5, 5.41) is 5.72. The van der Waals surface area contributed by atoms with Crippen LogP contribution in [-0.2, 0) is 31.1 Å². The number of hydrogen-bond acceptors (Lipinski definition) is 0. The van der Waals surface area contributed by atoms with Gasteiger partial charge in [-0.25, -0.2) is 0 Å². The van der Waals surface area contributed by atoms with Gasteiger partial charge in [-0.1, -0.05) is 245 Å². The first-order chi connectivity index (χ1) is 40.0. The van der Waals surface area contributed by atoms with Crippen LogP contribution in [0.2, 0.25) is 0 Å². The Labute approximate surface area is 493 Å². The lowest BCUT2D eigenvalue weighted by atomic mass is 9.70. The Bertz CT molecular complexity index is 3120. The first-order valence-electron chi connectivity index (χ1n) is 34.4. The van der Waals surface area contributed by atoms with Crippen LogP contribution >= 0.6 is 0 Å². The van der Waals surface area contributed by atoms with Crippen molar-refractivity contribution in [3.8, 4) is 22.5 Å². The second kappa shape index (κ2) is 31.0. The summed E-state index contributed by atoms with van der Waals surface area (Å²) in [5.41, 5.74) is 20.1. The zero-order chi connectivity index (χ0) is 56.2. The maximum Gasteiger partial charge on any atom is 0.0541 e. The Balaban J connectivity index is 1.18. The van der Waals surface area contributed by atoms with E-state index < -0.39 is 0 Å². The number of hydrogen-bond donors (Lipinski definition) is 0. The summed E-state index contributed by atoms with van der Waals surface area (Å²) < 4.78 is 5.33. The molecule has 6 aromatic carbocycles. The van der Waals surface area contributed by atoms with E-state index in [1.54, 1.807) is 11.1 Å². The molecule has 0 saturated heterocycles. The molecular formula is C79H108N2. The van der Waals surface area contributed by atoms with Crippen molar-refractivity contribution in [1.29, 1.82) is 0 Å². The summed E-state index contributed by atoms with van der Waals surface area (Å²) in [6, 6.07) is 45.7. The highest BCUT2D eigenvalue weighted by Crippen LogP contribution is 2.56. The lowest BCUT2D eigenvalue weighted by Gasteiger charge is -2.33. The van der Waals surface area contributed by atoms with Crippen molar-refractivity contribution in [2.45, 2.75) is 278 Å². The minimum Gasteiger partial charge on any atom is -0.309 e. The van der Waals surface area contributed by atoms with Crippen molar-refractivity contribution < 1.29 is 0 Å². The highest BCUT2D eigenvalue weighted by Gasteiger charge is 2.43. The molecule has 0 amide bonds. The first kappa shape index (κ1) is 60.5. The lowest BCUT2D eigenvalue weighted by Crippen LogP contribution is -2.26. The first-order valence-corrected chi connectivity index (χ1v) is 34.4. The van der Waals surface area contributed by atoms with Crippen LogP contribution in [0, 0.1) is 0 Å². The average molecular weight is 1090 g/mol. The third-order valence-electron chi connectivity index (χ3n) is 19.3. The Hall–Kier alpha value is -5.08. The summed E-state index contributed by atoms with van der Waals surface area (Å²) in [7, 11) is 0. The van der Waals surface area contributed by atoms with Crippen molar-refractivity contribution in [3.63, 3.8) is 0 Å². The van der Waals surface area contributed by atoms with Gasteiger partial charge in [0.2, 0.25) is 0 Å². The van der Waals surface area contributed by atoms with E-state index in [4.69, 9.17) is 0 Å². The number of aryl methyl sites for hydroxylation is 4. The SMILES string of the molecule is CCCCCCCCc1ccc2c(c1)c1cc(CCCCCC)ccc1n2-c1ccc2c(c1)C(CCCCCCCC)(CCCCCCCC)c1cc(-n3c4ccc(CCCCCC)cc4c4cc(CCCCCC)ccc43)ccc1-2. The molecule has 2 heterocycles. The van der Waals surface area contributed by atoms with Crippen molar-refractivity contribution in [2.75, 3.05) is 0 Å². The highest BCUT2D eigenvalue weighted by atomic mass is 15.0. The van der Waals surface area contributed by atoms with Crippen LogP contribution in [0.1, 0.15) is 280 Å². The molecule has 0 saturated carbocycles. The average Bonchev–Trinajstić information content (AvgIpc) is 2.91. The lowest BCUT2D eigenvalue weighted by molar-refractivity contribution is 0.397. The zero-order valence-corrected chi connectivity index (χ0v) is 52.2. The summed E-state index contributed by atoms with van der Waals surface area (Å²) in [6.45, 7) is 14.0. The third kappa shape index (κ3) is 14.6. The van der Waals surface area contributed by atoms with Gasteiger partial charge in [0.05, 0.1) is 22.1 Å². The van der Waals surface area contributed by atoms with Gasteiger partial charge in [0.15, 0.2) is 0 Å². The molecule has 2 aromatic heterocycles. The van der Waals surface area contributed by atoms with E-state index in [9.17, 15) is 0 Å². The van der Waals surface area contributed by atoms with Gasteiger partial charge in [-0.2, -0.15) is 0 Å². The molecule has 434 valence electrons. The van der Waals surface area contributed by atoms with Crippen molar-refractivity contribution in [1.82, 2.24) is 9.13 Å². The topological polar surface area (TPSA) is 9.86 Å². The number of nitrogens with zero attached hydrogens (tertiary/aromatic N) is 2. The number of rotatable bonds is 38. The molecule has 0 aliphatic heterocycles. The van der Waals surface area contributed by atoms with E-state index in [-0.39, 0.29) is 5.41 Å². The molecule has 9 rings (SSSR count). The Kier molecular flexibility index (Phi) is 23.2. The standard InChI is InChI=1S/C79H108N2/c1-7-13-19-25-28-34-40-64-44-52-78-72(58-64)71-57-63(39-33-24-18-12-6)43-51-77(71)81(78)66-46-48-68-67-47-45-65(59-73(67)79(74(68)60-66,53-35-29-26-20-14-8-2)54-36-30-27-21-15-9-3)80-75-49-41-61(37-31-22-16-10-4)55-69(75)70-56-62(42-50-76(70)80)38-32-23-17-11-5/h41-52,55-60H,7-40,53-54H2,1-6H3. The Morgan fingerprint density at radius 1 is 0.259 bits per heavy atom. The monoisotopic (exact) mass is 1080 g/mol. The minimum absolute atomic E-state index is 0.0724. The van der Waals surface area contributed by atoms with E-state index >= 15 is 0 Å². The molecule has 0 spiro atoms. The molecular weight excluding hydrogens is 977 g/mol. The molecule has 0 unspecified atom stereocenters. The van der Waals surface area contributed by atoms with Crippen LogP contribution < -0.4 is 0 Å². The largest absolute Gasteiger partial charge is 0.309 e. The summed E-state index contributed by atoms with van der Waals surface area (Å²) in [5.74, 6) is 0. The highest BCUT2D eigenvalue weighted by molar-refractivity contribution is 6.11. The van der Waals surface area contributed by atoms with Crippen molar-refractivity contribution >= 4 is 43.6 Å². The second-order valence-electron chi connectivity index (χ2n) is 25.6. The van der Waals surface area contributed by atoms with Gasteiger partial charge in [0.1, 0.15) is 0 Å². The number of benzene rings is 6. The Morgan fingerprint density at radius 2 is 0.519 bits per heavy atom. The van der Waals surface area contributed by atoms with Crippen LogP contribution in [0.15, 0.2) is 109 Å². The van der Waals surface area contributed by atoms with Crippen LogP contribution in [-0.4, -0.2) is 9.13 Å². The molecule has 1 aliphatic rings. The molecule has 0 fully saturated rings. The third-order valence-corrected chi connectivity index (χ3v) is 19.3. The van der Waals surface area contributed by atoms with Crippen molar-refractivity contribution in [2.24, 2.45) is 0 Å². The van der Waals surface area contributed by atoms with Gasteiger partial charge in [0, 0.05) is 38.3 Å². The summed E-state index contributed by atoms with van der Waals surface area (Å²) in [6.07, 6.45) is 46.4. The van der Waals surface area contributed by atoms with Crippen LogP contribution in [0.4, 0.5) is 0 Å². The summed E-state index contributed by atoms with van der Waals surface area (Å²) in [4.78, 5) is 0. The number of fused-ring (bicyclic) bond motifs is 9. The molecule has 8 aromatic rings. The number of aromatic nitrogens is 2. The van der Waals surface area contributed by atoms with Crippen molar-refractivity contribution in [3.05, 3.63) is 143 Å². The quantitative estimate of drug-likeness (QED) is 0.0342. The predicted molar refractivity (Wildman–Crippen MR) is 358 cm³/mol. The van der Waals surface area contributed by atoms with Gasteiger partial charge in [-0.05, 0) is 182 Å². The van der Waals surface area contributed by atoms with E-state index in [0.29, 0.717) is 0 Å². The molecule has 2 nitrogen and oxygen atoms in total. The second-order valence-corrected chi connectivity index (χ2v) is 25.6. The van der Waals surface area contributed by atoms with Gasteiger partial charge >= 0.3 is 0 Å². The smallest absolute Gasteiger partial charge is 0.0541 e.